The lowest BCUT2D eigenvalue weighted by Gasteiger charge is -2.25. The Hall–Kier alpha value is -4.27. The van der Waals surface area contributed by atoms with Crippen LogP contribution in [0.1, 0.15) is 0 Å². The Morgan fingerprint density at radius 1 is 0.333 bits per heavy atom. The molecule has 2 heteroatoms. The zero-order valence-electron chi connectivity index (χ0n) is 19.9. The number of rotatable bonds is 6. The molecule has 1 nitrogen and oxygen atoms in total. The lowest BCUT2D eigenvalue weighted by atomic mass is 10.1. The normalized spacial score (nSPS) is 11.8. The standard InChI is InChI=1S/C34H26NS/c1-4-14-29(15-5-1)35(30-16-6-2-7-17-30)31-21-24-33(25-22-31)36(32-18-8-3-9-19-32)34-23-20-27-12-10-11-13-28(27)26-34/h1-26H/q+1. The monoisotopic (exact) mass is 480 g/mol. The molecule has 0 bridgehead atoms. The first-order valence-corrected chi connectivity index (χ1v) is 13.4. The third-order valence-electron chi connectivity index (χ3n) is 6.29. The molecular formula is C34H26NS+. The zero-order chi connectivity index (χ0) is 24.2. The van der Waals surface area contributed by atoms with Crippen molar-refractivity contribution in [2.75, 3.05) is 4.90 Å². The molecule has 0 fully saturated rings. The summed E-state index contributed by atoms with van der Waals surface area (Å²) < 4.78 is 0. The third-order valence-corrected chi connectivity index (χ3v) is 8.51. The highest BCUT2D eigenvalue weighted by Gasteiger charge is 2.29. The van der Waals surface area contributed by atoms with Crippen LogP contribution in [0.5, 0.6) is 0 Å². The molecule has 6 aromatic carbocycles. The summed E-state index contributed by atoms with van der Waals surface area (Å²) in [5.74, 6) is 0. The van der Waals surface area contributed by atoms with Crippen molar-refractivity contribution < 1.29 is 0 Å². The van der Waals surface area contributed by atoms with Gasteiger partial charge in [-0.1, -0.05) is 78.9 Å². The molecule has 0 aliphatic heterocycles. The van der Waals surface area contributed by atoms with Crippen molar-refractivity contribution in [3.63, 3.8) is 0 Å². The van der Waals surface area contributed by atoms with Crippen LogP contribution in [0.15, 0.2) is 172 Å². The van der Waals surface area contributed by atoms with Crippen molar-refractivity contribution in [1.82, 2.24) is 0 Å². The first-order valence-electron chi connectivity index (χ1n) is 12.2. The van der Waals surface area contributed by atoms with Crippen LogP contribution in [-0.4, -0.2) is 0 Å². The van der Waals surface area contributed by atoms with E-state index in [4.69, 9.17) is 0 Å². The highest BCUT2D eigenvalue weighted by atomic mass is 32.2. The molecular weight excluding hydrogens is 454 g/mol. The molecule has 0 radical (unpaired) electrons. The SMILES string of the molecule is c1ccc(N(c2ccccc2)c2ccc([S+](c3ccccc3)c3ccc4ccccc4c3)cc2)cc1. The molecule has 0 heterocycles. The van der Waals surface area contributed by atoms with Gasteiger partial charge in [0.25, 0.3) is 0 Å². The van der Waals surface area contributed by atoms with Gasteiger partial charge in [-0.05, 0) is 83.6 Å². The number of benzene rings is 6. The summed E-state index contributed by atoms with van der Waals surface area (Å²) in [6.45, 7) is 0. The summed E-state index contributed by atoms with van der Waals surface area (Å²) in [7, 11) is -0.200. The van der Waals surface area contributed by atoms with Crippen LogP contribution in [0, 0.1) is 0 Å². The molecule has 0 aromatic heterocycles. The topological polar surface area (TPSA) is 3.24 Å². The van der Waals surface area contributed by atoms with E-state index < -0.39 is 0 Å². The molecule has 0 N–H and O–H groups in total. The van der Waals surface area contributed by atoms with E-state index in [2.05, 4.69) is 163 Å². The fraction of sp³-hybridized carbons (Fsp3) is 0. The Balaban J connectivity index is 1.44. The van der Waals surface area contributed by atoms with Crippen LogP contribution in [-0.2, 0) is 10.9 Å². The van der Waals surface area contributed by atoms with Crippen LogP contribution >= 0.6 is 0 Å². The Morgan fingerprint density at radius 2 is 0.778 bits per heavy atom. The van der Waals surface area contributed by atoms with E-state index in [1.807, 2.05) is 0 Å². The van der Waals surface area contributed by atoms with Gasteiger partial charge in [-0.3, -0.25) is 0 Å². The molecule has 0 aliphatic carbocycles. The Bertz CT molecular complexity index is 1520. The molecule has 172 valence electrons. The van der Waals surface area contributed by atoms with Crippen LogP contribution in [0.4, 0.5) is 17.1 Å². The zero-order valence-corrected chi connectivity index (χ0v) is 20.7. The van der Waals surface area contributed by atoms with Gasteiger partial charge in [0.2, 0.25) is 0 Å². The summed E-state index contributed by atoms with van der Waals surface area (Å²) in [5, 5.41) is 2.55. The quantitative estimate of drug-likeness (QED) is 0.215. The maximum Gasteiger partial charge on any atom is 0.167 e. The van der Waals surface area contributed by atoms with E-state index in [0.717, 1.165) is 17.1 Å². The van der Waals surface area contributed by atoms with Gasteiger partial charge < -0.3 is 4.90 Å². The third kappa shape index (κ3) is 4.51. The van der Waals surface area contributed by atoms with Gasteiger partial charge in [-0.25, -0.2) is 0 Å². The average molecular weight is 481 g/mol. The van der Waals surface area contributed by atoms with Crippen molar-refractivity contribution in [3.05, 3.63) is 158 Å². The minimum absolute atomic E-state index is 0.200. The molecule has 6 rings (SSSR count). The van der Waals surface area contributed by atoms with Crippen LogP contribution in [0.2, 0.25) is 0 Å². The highest BCUT2D eigenvalue weighted by Crippen LogP contribution is 2.37. The molecule has 0 aliphatic rings. The number of para-hydroxylation sites is 2. The Morgan fingerprint density at radius 3 is 1.39 bits per heavy atom. The van der Waals surface area contributed by atoms with Gasteiger partial charge >= 0.3 is 0 Å². The molecule has 6 aromatic rings. The lowest BCUT2D eigenvalue weighted by Crippen LogP contribution is -2.10. The molecule has 1 atom stereocenters. The summed E-state index contributed by atoms with van der Waals surface area (Å²) in [6, 6.07) is 56.5. The predicted octanol–water partition coefficient (Wildman–Crippen LogP) is 9.40. The summed E-state index contributed by atoms with van der Waals surface area (Å²) >= 11 is 0. The average Bonchev–Trinajstić information content (AvgIpc) is 2.96. The summed E-state index contributed by atoms with van der Waals surface area (Å²) in [6.07, 6.45) is 0. The maximum atomic E-state index is 2.35. The van der Waals surface area contributed by atoms with E-state index in [9.17, 15) is 0 Å². The minimum atomic E-state index is -0.200. The van der Waals surface area contributed by atoms with Gasteiger partial charge in [0.15, 0.2) is 14.7 Å². The van der Waals surface area contributed by atoms with Crippen molar-refractivity contribution >= 4 is 38.7 Å². The van der Waals surface area contributed by atoms with Gasteiger partial charge in [0.05, 0.1) is 10.9 Å². The highest BCUT2D eigenvalue weighted by molar-refractivity contribution is 7.97. The van der Waals surface area contributed by atoms with Crippen LogP contribution < -0.4 is 4.90 Å². The molecule has 1 unspecified atom stereocenters. The van der Waals surface area contributed by atoms with Gasteiger partial charge in [-0.15, -0.1) is 0 Å². The smallest absolute Gasteiger partial charge is 0.167 e. The number of fused-ring (bicyclic) bond motifs is 1. The largest absolute Gasteiger partial charge is 0.311 e. The Kier molecular flexibility index (Phi) is 6.26. The van der Waals surface area contributed by atoms with Gasteiger partial charge in [0, 0.05) is 23.1 Å². The van der Waals surface area contributed by atoms with Crippen molar-refractivity contribution in [1.29, 1.82) is 0 Å². The number of anilines is 3. The van der Waals surface area contributed by atoms with E-state index >= 15 is 0 Å². The maximum absolute atomic E-state index is 2.35. The Labute approximate surface area is 215 Å². The number of nitrogens with zero attached hydrogens (tertiary/aromatic N) is 1. The first-order chi connectivity index (χ1) is 17.9. The summed E-state index contributed by atoms with van der Waals surface area (Å²) in [5.41, 5.74) is 3.44. The van der Waals surface area contributed by atoms with E-state index in [1.54, 1.807) is 0 Å². The summed E-state index contributed by atoms with van der Waals surface area (Å²) in [4.78, 5) is 6.26. The molecule has 0 spiro atoms. The van der Waals surface area contributed by atoms with Crippen LogP contribution in [0.25, 0.3) is 10.8 Å². The van der Waals surface area contributed by atoms with Crippen LogP contribution in [0.3, 0.4) is 0 Å². The second-order valence-corrected chi connectivity index (χ2v) is 10.7. The van der Waals surface area contributed by atoms with Gasteiger partial charge in [-0.2, -0.15) is 0 Å². The second-order valence-electron chi connectivity index (χ2n) is 8.63. The van der Waals surface area contributed by atoms with Crippen molar-refractivity contribution in [2.24, 2.45) is 0 Å². The van der Waals surface area contributed by atoms with Crippen molar-refractivity contribution in [3.8, 4) is 0 Å². The van der Waals surface area contributed by atoms with E-state index in [-0.39, 0.29) is 10.9 Å². The van der Waals surface area contributed by atoms with E-state index in [1.165, 1.54) is 25.5 Å². The minimum Gasteiger partial charge on any atom is -0.311 e. The fourth-order valence-corrected chi connectivity index (χ4v) is 6.69. The van der Waals surface area contributed by atoms with E-state index in [0.29, 0.717) is 0 Å². The molecule has 0 saturated carbocycles. The molecule has 0 amide bonds. The number of hydrogen-bond donors (Lipinski definition) is 0. The predicted molar refractivity (Wildman–Crippen MR) is 154 cm³/mol. The number of hydrogen-bond acceptors (Lipinski definition) is 1. The first kappa shape index (κ1) is 22.2. The fourth-order valence-electron chi connectivity index (χ4n) is 4.59. The second kappa shape index (κ2) is 10.2. The van der Waals surface area contributed by atoms with Crippen molar-refractivity contribution in [2.45, 2.75) is 14.7 Å². The van der Waals surface area contributed by atoms with Gasteiger partial charge in [0.1, 0.15) is 0 Å². The molecule has 0 saturated heterocycles. The lowest BCUT2D eigenvalue weighted by molar-refractivity contribution is 1.26. The molecule has 36 heavy (non-hydrogen) atoms.